The van der Waals surface area contributed by atoms with E-state index in [1.54, 1.807) is 22.2 Å². The second-order valence-electron chi connectivity index (χ2n) is 6.18. The van der Waals surface area contributed by atoms with Crippen molar-refractivity contribution in [1.29, 1.82) is 0 Å². The zero-order chi connectivity index (χ0) is 19.5. The zero-order valence-corrected chi connectivity index (χ0v) is 16.1. The number of pyridine rings is 1. The lowest BCUT2D eigenvalue weighted by Crippen LogP contribution is -2.23. The Kier molecular flexibility index (Phi) is 4.90. The number of rotatable bonds is 5. The molecule has 8 nitrogen and oxygen atoms in total. The van der Waals surface area contributed by atoms with Gasteiger partial charge in [0.2, 0.25) is 0 Å². The summed E-state index contributed by atoms with van der Waals surface area (Å²) in [6.07, 6.45) is 1.58. The van der Waals surface area contributed by atoms with Crippen LogP contribution in [0.15, 0.2) is 48.0 Å². The molecular formula is C19H17N7OS. The first kappa shape index (κ1) is 17.9. The second kappa shape index (κ2) is 7.65. The molecule has 0 saturated carbocycles. The standard InChI is InChI=1S/C19H17N7OS/c1-12-5-8-17(13(2)21-12)26-11-16(24-25-26)19(27)20-10-14-6-7-15(23-22-14)18-4-3-9-28-18/h3-9,11H,10H2,1-2H3,(H,20,27). The Morgan fingerprint density at radius 1 is 1.11 bits per heavy atom. The number of aryl methyl sites for hydroxylation is 2. The van der Waals surface area contributed by atoms with Gasteiger partial charge in [0.15, 0.2) is 5.69 Å². The molecule has 4 rings (SSSR count). The molecule has 0 aliphatic rings. The molecule has 0 aliphatic heterocycles. The third-order valence-electron chi connectivity index (χ3n) is 4.09. The van der Waals surface area contributed by atoms with Gasteiger partial charge in [-0.05, 0) is 49.6 Å². The van der Waals surface area contributed by atoms with Crippen molar-refractivity contribution in [3.05, 3.63) is 70.8 Å². The first-order chi connectivity index (χ1) is 13.6. The Balaban J connectivity index is 1.41. The minimum atomic E-state index is -0.326. The number of thiophene rings is 1. The van der Waals surface area contributed by atoms with Gasteiger partial charge in [0.05, 0.1) is 34.7 Å². The Hall–Kier alpha value is -3.46. The Morgan fingerprint density at radius 2 is 2.00 bits per heavy atom. The van der Waals surface area contributed by atoms with Crippen LogP contribution in [0, 0.1) is 13.8 Å². The van der Waals surface area contributed by atoms with Crippen LogP contribution in [0.4, 0.5) is 0 Å². The van der Waals surface area contributed by atoms with Crippen LogP contribution >= 0.6 is 11.3 Å². The van der Waals surface area contributed by atoms with Crippen molar-refractivity contribution in [2.45, 2.75) is 20.4 Å². The van der Waals surface area contributed by atoms with Crippen molar-refractivity contribution in [2.24, 2.45) is 0 Å². The van der Waals surface area contributed by atoms with E-state index in [9.17, 15) is 4.79 Å². The molecule has 140 valence electrons. The highest BCUT2D eigenvalue weighted by molar-refractivity contribution is 7.13. The number of nitrogens with one attached hydrogen (secondary N) is 1. The maximum absolute atomic E-state index is 12.4. The minimum absolute atomic E-state index is 0.225. The third-order valence-corrected chi connectivity index (χ3v) is 4.99. The highest BCUT2D eigenvalue weighted by Crippen LogP contribution is 2.21. The maximum Gasteiger partial charge on any atom is 0.273 e. The van der Waals surface area contributed by atoms with Crippen molar-refractivity contribution in [3.63, 3.8) is 0 Å². The Morgan fingerprint density at radius 3 is 2.71 bits per heavy atom. The van der Waals surface area contributed by atoms with Gasteiger partial charge in [0.25, 0.3) is 5.91 Å². The molecule has 9 heteroatoms. The van der Waals surface area contributed by atoms with Crippen LogP contribution in [0.3, 0.4) is 0 Å². The lowest BCUT2D eigenvalue weighted by atomic mass is 10.3. The number of carbonyl (C=O) groups is 1. The lowest BCUT2D eigenvalue weighted by Gasteiger charge is -2.04. The van der Waals surface area contributed by atoms with Crippen molar-refractivity contribution in [2.75, 3.05) is 0 Å². The molecule has 4 heterocycles. The van der Waals surface area contributed by atoms with Gasteiger partial charge in [-0.3, -0.25) is 9.78 Å². The summed E-state index contributed by atoms with van der Waals surface area (Å²) in [5, 5.41) is 21.1. The van der Waals surface area contributed by atoms with Crippen LogP contribution in [-0.4, -0.2) is 36.1 Å². The molecule has 1 N–H and O–H groups in total. The summed E-state index contributed by atoms with van der Waals surface area (Å²) in [4.78, 5) is 17.8. The number of aromatic nitrogens is 6. The summed E-state index contributed by atoms with van der Waals surface area (Å²) in [6, 6.07) is 11.5. The molecule has 0 aliphatic carbocycles. The Bertz CT molecular complexity index is 1100. The van der Waals surface area contributed by atoms with E-state index in [0.717, 1.165) is 27.6 Å². The van der Waals surface area contributed by atoms with E-state index in [0.29, 0.717) is 5.69 Å². The summed E-state index contributed by atoms with van der Waals surface area (Å²) < 4.78 is 1.55. The highest BCUT2D eigenvalue weighted by Gasteiger charge is 2.13. The van der Waals surface area contributed by atoms with E-state index in [2.05, 4.69) is 30.8 Å². The lowest BCUT2D eigenvalue weighted by molar-refractivity contribution is 0.0945. The zero-order valence-electron chi connectivity index (χ0n) is 15.3. The quantitative estimate of drug-likeness (QED) is 0.562. The van der Waals surface area contributed by atoms with Crippen LogP contribution in [0.2, 0.25) is 0 Å². The van der Waals surface area contributed by atoms with Gasteiger partial charge in [0, 0.05) is 5.69 Å². The molecule has 1 amide bonds. The van der Waals surface area contributed by atoms with Gasteiger partial charge < -0.3 is 5.32 Å². The van der Waals surface area contributed by atoms with Crippen LogP contribution in [0.1, 0.15) is 27.6 Å². The molecule has 4 aromatic heterocycles. The number of nitrogens with zero attached hydrogens (tertiary/aromatic N) is 6. The average molecular weight is 391 g/mol. The molecule has 0 saturated heterocycles. The molecule has 0 spiro atoms. The second-order valence-corrected chi connectivity index (χ2v) is 7.12. The van der Waals surface area contributed by atoms with Crippen molar-refractivity contribution >= 4 is 17.2 Å². The van der Waals surface area contributed by atoms with Crippen molar-refractivity contribution in [1.82, 2.24) is 35.5 Å². The van der Waals surface area contributed by atoms with E-state index >= 15 is 0 Å². The van der Waals surface area contributed by atoms with Crippen LogP contribution < -0.4 is 5.32 Å². The monoisotopic (exact) mass is 391 g/mol. The van der Waals surface area contributed by atoms with Crippen LogP contribution in [-0.2, 0) is 6.54 Å². The van der Waals surface area contributed by atoms with E-state index < -0.39 is 0 Å². The first-order valence-corrected chi connectivity index (χ1v) is 9.50. The van der Waals surface area contributed by atoms with Crippen LogP contribution in [0.5, 0.6) is 0 Å². The van der Waals surface area contributed by atoms with E-state index in [4.69, 9.17) is 0 Å². The fourth-order valence-corrected chi connectivity index (χ4v) is 3.37. The molecule has 0 radical (unpaired) electrons. The van der Waals surface area contributed by atoms with Crippen molar-refractivity contribution in [3.8, 4) is 16.3 Å². The molecule has 28 heavy (non-hydrogen) atoms. The molecule has 0 atom stereocenters. The van der Waals surface area contributed by atoms with E-state index in [-0.39, 0.29) is 18.1 Å². The molecule has 0 unspecified atom stereocenters. The third kappa shape index (κ3) is 3.79. The van der Waals surface area contributed by atoms with Gasteiger partial charge in [-0.15, -0.1) is 21.5 Å². The summed E-state index contributed by atoms with van der Waals surface area (Å²) in [7, 11) is 0. The summed E-state index contributed by atoms with van der Waals surface area (Å²) in [5.41, 5.74) is 4.23. The largest absolute Gasteiger partial charge is 0.345 e. The number of carbonyl (C=O) groups excluding carboxylic acids is 1. The molecule has 0 bridgehead atoms. The number of hydrogen-bond acceptors (Lipinski definition) is 7. The van der Waals surface area contributed by atoms with Gasteiger partial charge in [-0.1, -0.05) is 11.3 Å². The Labute approximate surface area is 165 Å². The molecule has 4 aromatic rings. The predicted molar refractivity (Wildman–Crippen MR) is 105 cm³/mol. The SMILES string of the molecule is Cc1ccc(-n2cc(C(=O)NCc3ccc(-c4cccs4)nn3)nn2)c(C)n1. The molecular weight excluding hydrogens is 374 g/mol. The van der Waals surface area contributed by atoms with Gasteiger partial charge >= 0.3 is 0 Å². The first-order valence-electron chi connectivity index (χ1n) is 8.62. The van der Waals surface area contributed by atoms with Crippen molar-refractivity contribution < 1.29 is 4.79 Å². The van der Waals surface area contributed by atoms with E-state index in [1.165, 1.54) is 0 Å². The fourth-order valence-electron chi connectivity index (χ4n) is 2.68. The fraction of sp³-hybridized carbons (Fsp3) is 0.158. The topological polar surface area (TPSA) is 98.5 Å². The average Bonchev–Trinajstić information content (AvgIpc) is 3.39. The van der Waals surface area contributed by atoms with Crippen LogP contribution in [0.25, 0.3) is 16.3 Å². The number of amides is 1. The highest BCUT2D eigenvalue weighted by atomic mass is 32.1. The van der Waals surface area contributed by atoms with E-state index in [1.807, 2.05) is 55.6 Å². The van der Waals surface area contributed by atoms with Gasteiger partial charge in [-0.2, -0.15) is 5.10 Å². The number of hydrogen-bond donors (Lipinski definition) is 1. The minimum Gasteiger partial charge on any atom is -0.345 e. The summed E-state index contributed by atoms with van der Waals surface area (Å²) in [5.74, 6) is -0.326. The van der Waals surface area contributed by atoms with Gasteiger partial charge in [-0.25, -0.2) is 4.68 Å². The predicted octanol–water partition coefficient (Wildman–Crippen LogP) is 2.73. The molecule has 0 aromatic carbocycles. The summed E-state index contributed by atoms with van der Waals surface area (Å²) >= 11 is 1.61. The normalized spacial score (nSPS) is 10.8. The maximum atomic E-state index is 12.4. The van der Waals surface area contributed by atoms with Gasteiger partial charge in [0.1, 0.15) is 5.69 Å². The summed E-state index contributed by atoms with van der Waals surface area (Å²) in [6.45, 7) is 4.07. The molecule has 0 fully saturated rings. The smallest absolute Gasteiger partial charge is 0.273 e.